The molecule has 2 unspecified atom stereocenters. The summed E-state index contributed by atoms with van der Waals surface area (Å²) in [6.45, 7) is 1.54. The molecular formula is C5H5Cl2NO2. The Hall–Kier alpha value is -0.370. The lowest BCUT2D eigenvalue weighted by molar-refractivity contribution is -0.117. The molecule has 56 valence electrons. The van der Waals surface area contributed by atoms with Crippen LogP contribution < -0.4 is 0 Å². The summed E-state index contributed by atoms with van der Waals surface area (Å²) in [6.07, 6.45) is 1.09. The van der Waals surface area contributed by atoms with Gasteiger partial charge in [-0.15, -0.1) is 28.2 Å². The summed E-state index contributed by atoms with van der Waals surface area (Å²) in [5, 5.41) is -1.48. The van der Waals surface area contributed by atoms with Crippen molar-refractivity contribution in [2.45, 2.75) is 17.7 Å². The maximum absolute atomic E-state index is 10.5. The van der Waals surface area contributed by atoms with Crippen LogP contribution >= 0.6 is 23.2 Å². The van der Waals surface area contributed by atoms with E-state index in [1.54, 1.807) is 0 Å². The molecule has 0 radical (unpaired) electrons. The van der Waals surface area contributed by atoms with Crippen molar-refractivity contribution in [1.29, 1.82) is 0 Å². The minimum atomic E-state index is -0.942. The first-order valence-electron chi connectivity index (χ1n) is 2.49. The Morgan fingerprint density at radius 2 is 2.10 bits per heavy atom. The van der Waals surface area contributed by atoms with Gasteiger partial charge in [0.1, 0.15) is 5.38 Å². The van der Waals surface area contributed by atoms with Crippen LogP contribution in [0.4, 0.5) is 0 Å². The first kappa shape index (κ1) is 9.63. The molecule has 0 aliphatic carbocycles. The van der Waals surface area contributed by atoms with Crippen LogP contribution in [-0.4, -0.2) is 22.7 Å². The minimum absolute atomic E-state index is 0.536. The molecule has 0 fully saturated rings. The Bertz CT molecular complexity index is 174. The maximum atomic E-state index is 10.5. The average molecular weight is 182 g/mol. The van der Waals surface area contributed by atoms with Gasteiger partial charge in [0.05, 0.1) is 5.38 Å². The standard InChI is InChI=1S/C5H5Cl2NO2/c1-3(6)4(7)5(10)8-2-9/h3-4H,1H3. The highest BCUT2D eigenvalue weighted by atomic mass is 35.5. The van der Waals surface area contributed by atoms with Crippen molar-refractivity contribution in [3.8, 4) is 0 Å². The summed E-state index contributed by atoms with van der Waals surface area (Å²) in [4.78, 5) is 22.9. The molecule has 1 amide bonds. The number of hydrogen-bond acceptors (Lipinski definition) is 2. The van der Waals surface area contributed by atoms with Gasteiger partial charge in [-0.05, 0) is 6.92 Å². The third kappa shape index (κ3) is 2.97. The van der Waals surface area contributed by atoms with E-state index >= 15 is 0 Å². The monoisotopic (exact) mass is 181 g/mol. The largest absolute Gasteiger partial charge is 0.275 e. The predicted molar refractivity (Wildman–Crippen MR) is 38.1 cm³/mol. The molecule has 0 saturated heterocycles. The number of halogens is 2. The number of rotatable bonds is 2. The van der Waals surface area contributed by atoms with Crippen molar-refractivity contribution in [2.75, 3.05) is 0 Å². The number of isocyanates is 1. The number of nitrogens with zero attached hydrogens (tertiary/aromatic N) is 1. The fourth-order valence-electron chi connectivity index (χ4n) is 0.303. The Morgan fingerprint density at radius 1 is 1.60 bits per heavy atom. The zero-order valence-electron chi connectivity index (χ0n) is 5.17. The summed E-state index contributed by atoms with van der Waals surface area (Å²) < 4.78 is 0. The predicted octanol–water partition coefficient (Wildman–Crippen LogP) is 1.08. The fraction of sp³-hybridized carbons (Fsp3) is 0.600. The van der Waals surface area contributed by atoms with Gasteiger partial charge in [-0.25, -0.2) is 4.79 Å². The van der Waals surface area contributed by atoms with E-state index in [1.165, 1.54) is 6.92 Å². The molecule has 0 spiro atoms. The number of hydrogen-bond donors (Lipinski definition) is 0. The van der Waals surface area contributed by atoms with Gasteiger partial charge >= 0.3 is 0 Å². The second-order valence-electron chi connectivity index (χ2n) is 1.62. The van der Waals surface area contributed by atoms with Gasteiger partial charge in [-0.2, -0.15) is 0 Å². The summed E-state index contributed by atoms with van der Waals surface area (Å²) in [6, 6.07) is 0. The van der Waals surface area contributed by atoms with Crippen molar-refractivity contribution in [2.24, 2.45) is 4.99 Å². The second-order valence-corrected chi connectivity index (χ2v) is 2.78. The van der Waals surface area contributed by atoms with E-state index in [0.717, 1.165) is 6.08 Å². The molecule has 0 bridgehead atoms. The third-order valence-electron chi connectivity index (χ3n) is 0.795. The van der Waals surface area contributed by atoms with Crippen LogP contribution in [0.3, 0.4) is 0 Å². The number of carbonyl (C=O) groups excluding carboxylic acids is 2. The van der Waals surface area contributed by atoms with Gasteiger partial charge < -0.3 is 0 Å². The maximum Gasteiger partial charge on any atom is 0.275 e. The van der Waals surface area contributed by atoms with Crippen LogP contribution in [0.5, 0.6) is 0 Å². The highest BCUT2D eigenvalue weighted by Crippen LogP contribution is 2.09. The van der Waals surface area contributed by atoms with Crippen molar-refractivity contribution in [3.63, 3.8) is 0 Å². The molecule has 0 aromatic heterocycles. The molecule has 3 nitrogen and oxygen atoms in total. The highest BCUT2D eigenvalue weighted by molar-refractivity contribution is 6.37. The second kappa shape index (κ2) is 4.45. The Morgan fingerprint density at radius 3 is 2.40 bits per heavy atom. The van der Waals surface area contributed by atoms with Gasteiger partial charge in [0, 0.05) is 0 Å². The van der Waals surface area contributed by atoms with E-state index in [-0.39, 0.29) is 0 Å². The zero-order valence-corrected chi connectivity index (χ0v) is 6.69. The highest BCUT2D eigenvalue weighted by Gasteiger charge is 2.19. The van der Waals surface area contributed by atoms with Crippen molar-refractivity contribution in [1.82, 2.24) is 0 Å². The van der Waals surface area contributed by atoms with E-state index in [9.17, 15) is 9.59 Å². The number of carbonyl (C=O) groups is 1. The van der Waals surface area contributed by atoms with Crippen molar-refractivity contribution in [3.05, 3.63) is 0 Å². The molecule has 0 aromatic carbocycles. The van der Waals surface area contributed by atoms with Crippen LogP contribution in [0, 0.1) is 0 Å². The molecule has 2 atom stereocenters. The van der Waals surface area contributed by atoms with Gasteiger partial charge in [0.15, 0.2) is 0 Å². The van der Waals surface area contributed by atoms with Crippen molar-refractivity contribution >= 4 is 35.2 Å². The molecule has 0 rings (SSSR count). The lowest BCUT2D eigenvalue weighted by atomic mass is 10.3. The molecule has 0 saturated carbocycles. The van der Waals surface area contributed by atoms with Gasteiger partial charge in [0.2, 0.25) is 6.08 Å². The van der Waals surface area contributed by atoms with Crippen LogP contribution in [0.25, 0.3) is 0 Å². The lowest BCUT2D eigenvalue weighted by Crippen LogP contribution is -2.20. The van der Waals surface area contributed by atoms with Crippen LogP contribution in [0.2, 0.25) is 0 Å². The van der Waals surface area contributed by atoms with E-state index in [1.807, 2.05) is 0 Å². The lowest BCUT2D eigenvalue weighted by Gasteiger charge is -2.03. The first-order valence-corrected chi connectivity index (χ1v) is 3.36. The Kier molecular flexibility index (Phi) is 4.28. The SMILES string of the molecule is CC(Cl)C(Cl)C(=O)N=C=O. The van der Waals surface area contributed by atoms with E-state index in [2.05, 4.69) is 4.99 Å². The van der Waals surface area contributed by atoms with Crippen LogP contribution in [0.15, 0.2) is 4.99 Å². The fourth-order valence-corrected chi connectivity index (χ4v) is 0.460. The van der Waals surface area contributed by atoms with Crippen LogP contribution in [-0.2, 0) is 9.59 Å². The smallest absolute Gasteiger partial charge is 0.270 e. The summed E-state index contributed by atoms with van der Waals surface area (Å²) in [5.41, 5.74) is 0. The van der Waals surface area contributed by atoms with Gasteiger partial charge in [0.25, 0.3) is 5.91 Å². The first-order chi connectivity index (χ1) is 4.59. The molecule has 0 N–H and O–H groups in total. The summed E-state index contributed by atoms with van der Waals surface area (Å²) in [7, 11) is 0. The normalized spacial score (nSPS) is 15.1. The van der Waals surface area contributed by atoms with Gasteiger partial charge in [-0.3, -0.25) is 4.79 Å². The van der Waals surface area contributed by atoms with Gasteiger partial charge in [-0.1, -0.05) is 0 Å². The molecule has 0 aliphatic heterocycles. The zero-order chi connectivity index (χ0) is 8.15. The minimum Gasteiger partial charge on any atom is -0.270 e. The third-order valence-corrected chi connectivity index (χ3v) is 1.74. The van der Waals surface area contributed by atoms with E-state index < -0.39 is 16.7 Å². The molecule has 0 heterocycles. The summed E-state index contributed by atoms with van der Waals surface area (Å²) >= 11 is 10.8. The summed E-state index contributed by atoms with van der Waals surface area (Å²) in [5.74, 6) is -0.751. The van der Waals surface area contributed by atoms with Crippen molar-refractivity contribution < 1.29 is 9.59 Å². The molecule has 5 heteroatoms. The molecule has 0 aliphatic rings. The number of alkyl halides is 2. The number of aliphatic imine (C=N–C) groups is 1. The molecule has 10 heavy (non-hydrogen) atoms. The van der Waals surface area contributed by atoms with E-state index in [0.29, 0.717) is 0 Å². The molecular weight excluding hydrogens is 177 g/mol. The van der Waals surface area contributed by atoms with E-state index in [4.69, 9.17) is 23.2 Å². The Labute approximate surface area is 68.0 Å². The van der Waals surface area contributed by atoms with Crippen LogP contribution in [0.1, 0.15) is 6.92 Å². The quantitative estimate of drug-likeness (QED) is 0.364. The Balaban J connectivity index is 4.07. The molecule has 0 aromatic rings. The topological polar surface area (TPSA) is 46.5 Å². The number of amides is 1. The average Bonchev–Trinajstić information content (AvgIpc) is 1.87.